The highest BCUT2D eigenvalue weighted by molar-refractivity contribution is 6.14. The third-order valence-electron chi connectivity index (χ3n) is 11.2. The summed E-state index contributed by atoms with van der Waals surface area (Å²) in [5.74, 6) is 1.31. The van der Waals surface area contributed by atoms with Gasteiger partial charge in [-0.2, -0.15) is 0 Å². The number of aromatic nitrogens is 5. The van der Waals surface area contributed by atoms with Crippen LogP contribution in [0.25, 0.3) is 111 Å². The van der Waals surface area contributed by atoms with Gasteiger partial charge in [0.15, 0.2) is 17.2 Å². The molecule has 0 atom stereocenters. The van der Waals surface area contributed by atoms with Gasteiger partial charge >= 0.3 is 0 Å². The lowest BCUT2D eigenvalue weighted by Gasteiger charge is -2.11. The van der Waals surface area contributed by atoms with Crippen molar-refractivity contribution in [2.24, 2.45) is 0 Å². The van der Waals surface area contributed by atoms with Crippen LogP contribution in [0.5, 0.6) is 0 Å². The van der Waals surface area contributed by atoms with Crippen molar-refractivity contribution < 1.29 is 4.42 Å². The quantitative estimate of drug-likeness (QED) is 0.177. The van der Waals surface area contributed by atoms with E-state index in [4.69, 9.17) is 19.4 Å². The Morgan fingerprint density at radius 1 is 0.421 bits per heavy atom. The number of fused-ring (bicyclic) bond motifs is 9. The number of hydrogen-bond acceptors (Lipinski definition) is 4. The van der Waals surface area contributed by atoms with Crippen molar-refractivity contribution in [2.75, 3.05) is 0 Å². The lowest BCUT2D eigenvalue weighted by atomic mass is 9.95. The topological polar surface area (TPSA) is 61.7 Å². The van der Waals surface area contributed by atoms with E-state index in [0.717, 1.165) is 88.3 Å². The van der Waals surface area contributed by atoms with E-state index < -0.39 is 0 Å². The first kappa shape index (κ1) is 31.5. The van der Waals surface area contributed by atoms with Gasteiger partial charge in [0.25, 0.3) is 0 Å². The van der Waals surface area contributed by atoms with Crippen molar-refractivity contribution in [1.29, 1.82) is 0 Å². The van der Waals surface area contributed by atoms with Gasteiger partial charge in [-0.1, -0.05) is 109 Å². The second-order valence-electron chi connectivity index (χ2n) is 14.4. The van der Waals surface area contributed by atoms with Crippen LogP contribution in [0.3, 0.4) is 0 Å². The van der Waals surface area contributed by atoms with E-state index in [-0.39, 0.29) is 0 Å². The summed E-state index contributed by atoms with van der Waals surface area (Å²) in [5.41, 5.74) is 12.5. The predicted octanol–water partition coefficient (Wildman–Crippen LogP) is 13.0. The molecule has 0 aliphatic carbocycles. The Bertz CT molecular complexity index is 3460. The van der Waals surface area contributed by atoms with Crippen LogP contribution in [-0.4, -0.2) is 24.1 Å². The van der Waals surface area contributed by atoms with Gasteiger partial charge in [-0.25, -0.2) is 9.97 Å². The number of nitrogens with zero attached hydrogens (tertiary/aromatic N) is 5. The molecule has 0 saturated heterocycles. The largest absolute Gasteiger partial charge is 0.450 e. The van der Waals surface area contributed by atoms with E-state index in [9.17, 15) is 0 Å². The Kier molecular flexibility index (Phi) is 6.83. The predicted molar refractivity (Wildman–Crippen MR) is 232 cm³/mol. The van der Waals surface area contributed by atoms with E-state index >= 15 is 0 Å². The number of hydrogen-bond donors (Lipinski definition) is 0. The van der Waals surface area contributed by atoms with E-state index in [1.807, 2.05) is 24.4 Å². The molecule has 0 bridgehead atoms. The molecule has 266 valence electrons. The average molecular weight is 730 g/mol. The van der Waals surface area contributed by atoms with Gasteiger partial charge in [0.1, 0.15) is 11.1 Å². The molecule has 7 aromatic carbocycles. The van der Waals surface area contributed by atoms with Gasteiger partial charge in [-0.3, -0.25) is 9.55 Å². The van der Waals surface area contributed by atoms with Gasteiger partial charge in [-0.15, -0.1) is 0 Å². The molecular weight excluding hydrogens is 699 g/mol. The summed E-state index contributed by atoms with van der Waals surface area (Å²) in [7, 11) is 0. The minimum atomic E-state index is 0.618. The molecule has 0 aliphatic rings. The molecule has 5 heterocycles. The Balaban J connectivity index is 1.19. The molecule has 57 heavy (non-hydrogen) atoms. The maximum absolute atomic E-state index is 6.96. The molecule has 0 amide bonds. The highest BCUT2D eigenvalue weighted by Gasteiger charge is 2.24. The summed E-state index contributed by atoms with van der Waals surface area (Å²) in [6.45, 7) is 0. The van der Waals surface area contributed by atoms with Crippen molar-refractivity contribution in [3.8, 4) is 45.3 Å². The van der Waals surface area contributed by atoms with Gasteiger partial charge < -0.3 is 8.98 Å². The Labute approximate surface area is 326 Å². The zero-order valence-electron chi connectivity index (χ0n) is 30.5. The molecule has 5 aromatic heterocycles. The Hall–Kier alpha value is -7.83. The van der Waals surface area contributed by atoms with E-state index in [2.05, 4.69) is 173 Å². The number of benzene rings is 7. The van der Waals surface area contributed by atoms with Gasteiger partial charge in [0.05, 0.1) is 27.8 Å². The van der Waals surface area contributed by atoms with Crippen LogP contribution >= 0.6 is 0 Å². The highest BCUT2D eigenvalue weighted by atomic mass is 16.3. The first-order chi connectivity index (χ1) is 28.3. The molecular formula is C51H31N5O. The van der Waals surface area contributed by atoms with E-state index in [0.29, 0.717) is 17.2 Å². The van der Waals surface area contributed by atoms with Crippen molar-refractivity contribution in [3.05, 3.63) is 188 Å². The van der Waals surface area contributed by atoms with Gasteiger partial charge in [-0.05, 0) is 83.9 Å². The Morgan fingerprint density at radius 3 is 1.74 bits per heavy atom. The fourth-order valence-corrected chi connectivity index (χ4v) is 8.66. The summed E-state index contributed by atoms with van der Waals surface area (Å²) in [4.78, 5) is 15.7. The molecule has 0 unspecified atom stereocenters. The molecule has 6 heteroatoms. The first-order valence-corrected chi connectivity index (χ1v) is 19.1. The molecule has 0 N–H and O–H groups in total. The number of para-hydroxylation sites is 4. The summed E-state index contributed by atoms with van der Waals surface area (Å²) in [6.07, 6.45) is 1.84. The van der Waals surface area contributed by atoms with Crippen LogP contribution in [0, 0.1) is 0 Å². The second-order valence-corrected chi connectivity index (χ2v) is 14.4. The minimum Gasteiger partial charge on any atom is -0.450 e. The minimum absolute atomic E-state index is 0.618. The average Bonchev–Trinajstić information content (AvgIpc) is 3.94. The molecule has 0 fully saturated rings. The van der Waals surface area contributed by atoms with E-state index in [1.54, 1.807) is 0 Å². The van der Waals surface area contributed by atoms with Crippen molar-refractivity contribution in [1.82, 2.24) is 24.1 Å². The van der Waals surface area contributed by atoms with Gasteiger partial charge in [0, 0.05) is 49.9 Å². The van der Waals surface area contributed by atoms with Crippen LogP contribution in [0.15, 0.2) is 193 Å². The lowest BCUT2D eigenvalue weighted by molar-refractivity contribution is 0.662. The number of furan rings is 1. The fraction of sp³-hybridized carbons (Fsp3) is 0. The molecule has 12 aromatic rings. The fourth-order valence-electron chi connectivity index (χ4n) is 8.66. The molecule has 6 nitrogen and oxygen atoms in total. The highest BCUT2D eigenvalue weighted by Crippen LogP contribution is 2.42. The molecule has 0 spiro atoms. The van der Waals surface area contributed by atoms with Gasteiger partial charge in [0.2, 0.25) is 0 Å². The summed E-state index contributed by atoms with van der Waals surface area (Å²) in [6, 6.07) is 63.5. The van der Waals surface area contributed by atoms with Crippen molar-refractivity contribution in [2.45, 2.75) is 0 Å². The third-order valence-corrected chi connectivity index (χ3v) is 11.2. The zero-order chi connectivity index (χ0) is 37.5. The maximum Gasteiger partial charge on any atom is 0.197 e. The molecule has 12 rings (SSSR count). The Morgan fingerprint density at radius 2 is 1.04 bits per heavy atom. The van der Waals surface area contributed by atoms with Crippen molar-refractivity contribution in [3.63, 3.8) is 0 Å². The summed E-state index contributed by atoms with van der Waals surface area (Å²) >= 11 is 0. The molecule has 0 aliphatic heterocycles. The molecule has 0 saturated carbocycles. The second kappa shape index (κ2) is 12.3. The van der Waals surface area contributed by atoms with Crippen LogP contribution in [0.4, 0.5) is 0 Å². The lowest BCUT2D eigenvalue weighted by Crippen LogP contribution is -2.01. The van der Waals surface area contributed by atoms with E-state index in [1.165, 1.54) is 5.39 Å². The van der Waals surface area contributed by atoms with Crippen molar-refractivity contribution >= 4 is 65.7 Å². The number of rotatable bonds is 5. The SMILES string of the molecule is c1ccc(-c2cc3oc4c(-n5c6ccccc6c6ccccc65)nc(-c5ccc6c(c5)c5ccccc5n6-c5ccccc5)nc4c3cc2-c2ccccn2)cc1. The first-order valence-electron chi connectivity index (χ1n) is 19.1. The normalized spacial score (nSPS) is 11.9. The number of pyridine rings is 1. The monoisotopic (exact) mass is 729 g/mol. The maximum atomic E-state index is 6.96. The summed E-state index contributed by atoms with van der Waals surface area (Å²) < 4.78 is 11.5. The van der Waals surface area contributed by atoms with Crippen LogP contribution < -0.4 is 0 Å². The smallest absolute Gasteiger partial charge is 0.197 e. The third kappa shape index (κ3) is 4.81. The summed E-state index contributed by atoms with van der Waals surface area (Å²) in [5, 5.41) is 5.51. The standard InChI is InChI=1S/C51H31N5O/c1-3-15-32(16-4-1)38-31-47-41(30-39(38)42-22-13-14-28-52-42)48-49(57-47)51(56-44-24-11-7-19-35(44)36-20-8-12-25-45(36)56)54-50(53-48)33-26-27-46-40(29-33)37-21-9-10-23-43(37)55(46)34-17-5-2-6-18-34/h1-31H. The zero-order valence-corrected chi connectivity index (χ0v) is 30.5. The van der Waals surface area contributed by atoms with Crippen LogP contribution in [0.1, 0.15) is 0 Å². The molecule has 0 radical (unpaired) electrons. The van der Waals surface area contributed by atoms with Crippen LogP contribution in [0.2, 0.25) is 0 Å². The van der Waals surface area contributed by atoms with Crippen LogP contribution in [-0.2, 0) is 0 Å².